The topological polar surface area (TPSA) is 34.0 Å². The molecule has 17 heavy (non-hydrogen) atoms. The van der Waals surface area contributed by atoms with Crippen LogP contribution in [0.1, 0.15) is 25.0 Å². The van der Waals surface area contributed by atoms with Gasteiger partial charge in [0.2, 0.25) is 0 Å². The number of nitrogens with one attached hydrogen (secondary N) is 1. The standard InChI is InChI=1S/C14H18N2O/c1-8-5-11-10-7-16-12(3-2-4-13(16)17)9(6-15-11)14(8)10/h2-4,8-11,14-15H,5-7H2,1H3/t8-,9?,10?,11?,14?/m1/s1. The minimum atomic E-state index is 0.186. The largest absolute Gasteiger partial charge is 0.313 e. The third-order valence-corrected chi connectivity index (χ3v) is 5.22. The summed E-state index contributed by atoms with van der Waals surface area (Å²) in [7, 11) is 0. The van der Waals surface area contributed by atoms with Crippen molar-refractivity contribution in [1.29, 1.82) is 0 Å². The lowest BCUT2D eigenvalue weighted by atomic mass is 9.72. The molecule has 3 aliphatic rings. The van der Waals surface area contributed by atoms with Crippen molar-refractivity contribution in [2.75, 3.05) is 6.54 Å². The van der Waals surface area contributed by atoms with Gasteiger partial charge in [0.15, 0.2) is 0 Å². The van der Waals surface area contributed by atoms with Crippen LogP contribution >= 0.6 is 0 Å². The van der Waals surface area contributed by atoms with Crippen LogP contribution in [0.25, 0.3) is 0 Å². The lowest BCUT2D eigenvalue weighted by Gasteiger charge is -2.44. The summed E-state index contributed by atoms with van der Waals surface area (Å²) in [6.07, 6.45) is 1.29. The molecule has 90 valence electrons. The first-order chi connectivity index (χ1) is 8.25. The molecule has 3 heteroatoms. The number of hydrogen-bond donors (Lipinski definition) is 1. The number of piperidine rings is 1. The molecule has 0 radical (unpaired) electrons. The van der Waals surface area contributed by atoms with E-state index in [2.05, 4.69) is 18.3 Å². The number of fused-ring (bicyclic) bond motifs is 2. The van der Waals surface area contributed by atoms with Gasteiger partial charge in [-0.05, 0) is 30.2 Å². The Kier molecular flexibility index (Phi) is 1.88. The maximum Gasteiger partial charge on any atom is 0.250 e. The van der Waals surface area contributed by atoms with Crippen molar-refractivity contribution in [3.05, 3.63) is 34.2 Å². The first-order valence-corrected chi connectivity index (χ1v) is 6.69. The van der Waals surface area contributed by atoms with E-state index in [-0.39, 0.29) is 5.56 Å². The van der Waals surface area contributed by atoms with Crippen molar-refractivity contribution in [2.24, 2.45) is 17.8 Å². The molecule has 4 rings (SSSR count). The molecule has 1 saturated carbocycles. The molecule has 0 aromatic carbocycles. The third-order valence-electron chi connectivity index (χ3n) is 5.22. The lowest BCUT2D eigenvalue weighted by Crippen LogP contribution is -2.52. The molecule has 0 amide bonds. The zero-order valence-corrected chi connectivity index (χ0v) is 10.1. The van der Waals surface area contributed by atoms with Gasteiger partial charge in [-0.2, -0.15) is 0 Å². The SMILES string of the molecule is C[C@@H]1CC2NCC3c4cccc(=O)n4CC2C31. The van der Waals surface area contributed by atoms with Gasteiger partial charge in [0.25, 0.3) is 5.56 Å². The second kappa shape index (κ2) is 3.22. The fourth-order valence-corrected chi connectivity index (χ4v) is 4.58. The Hall–Kier alpha value is -1.09. The first-order valence-electron chi connectivity index (χ1n) is 6.69. The zero-order chi connectivity index (χ0) is 11.6. The summed E-state index contributed by atoms with van der Waals surface area (Å²) in [4.78, 5) is 12.0. The number of pyridine rings is 1. The Balaban J connectivity index is 1.91. The fraction of sp³-hybridized carbons (Fsp3) is 0.643. The van der Waals surface area contributed by atoms with E-state index in [1.165, 1.54) is 12.1 Å². The van der Waals surface area contributed by atoms with Crippen molar-refractivity contribution in [2.45, 2.75) is 31.8 Å². The molecule has 2 aliphatic heterocycles. The van der Waals surface area contributed by atoms with Crippen molar-refractivity contribution < 1.29 is 0 Å². The second-order valence-electron chi connectivity index (χ2n) is 5.97. The van der Waals surface area contributed by atoms with E-state index in [9.17, 15) is 4.79 Å². The smallest absolute Gasteiger partial charge is 0.250 e. The molecule has 0 spiro atoms. The van der Waals surface area contributed by atoms with E-state index in [1.54, 1.807) is 6.07 Å². The quantitative estimate of drug-likeness (QED) is 0.726. The van der Waals surface area contributed by atoms with Crippen molar-refractivity contribution >= 4 is 0 Å². The molecule has 1 saturated heterocycles. The van der Waals surface area contributed by atoms with E-state index in [0.29, 0.717) is 17.9 Å². The van der Waals surface area contributed by atoms with Gasteiger partial charge in [-0.1, -0.05) is 13.0 Å². The maximum absolute atomic E-state index is 12.0. The van der Waals surface area contributed by atoms with Gasteiger partial charge in [0.05, 0.1) is 0 Å². The molecule has 2 fully saturated rings. The van der Waals surface area contributed by atoms with Crippen molar-refractivity contribution in [3.8, 4) is 0 Å². The molecular formula is C14H18N2O. The Morgan fingerprint density at radius 3 is 3.18 bits per heavy atom. The minimum Gasteiger partial charge on any atom is -0.313 e. The van der Waals surface area contributed by atoms with Gasteiger partial charge in [-0.25, -0.2) is 0 Å². The van der Waals surface area contributed by atoms with Crippen molar-refractivity contribution in [3.63, 3.8) is 0 Å². The summed E-state index contributed by atoms with van der Waals surface area (Å²) in [5.41, 5.74) is 1.45. The molecule has 3 nitrogen and oxygen atoms in total. The van der Waals surface area contributed by atoms with Crippen molar-refractivity contribution in [1.82, 2.24) is 9.88 Å². The van der Waals surface area contributed by atoms with E-state index < -0.39 is 0 Å². The highest BCUT2D eigenvalue weighted by Gasteiger charge is 2.51. The molecule has 4 unspecified atom stereocenters. The predicted octanol–water partition coefficient (Wildman–Crippen LogP) is 1.19. The molecule has 1 aromatic heterocycles. The van der Waals surface area contributed by atoms with Crippen LogP contribution in [0.4, 0.5) is 0 Å². The highest BCUT2D eigenvalue weighted by Crippen LogP contribution is 2.51. The van der Waals surface area contributed by atoms with Gasteiger partial charge in [0, 0.05) is 36.8 Å². The van der Waals surface area contributed by atoms with E-state index in [0.717, 1.165) is 24.9 Å². The number of aromatic nitrogens is 1. The minimum absolute atomic E-state index is 0.186. The monoisotopic (exact) mass is 230 g/mol. The first kappa shape index (κ1) is 9.89. The van der Waals surface area contributed by atoms with E-state index in [1.807, 2.05) is 10.6 Å². The summed E-state index contributed by atoms with van der Waals surface area (Å²) < 4.78 is 2.03. The summed E-state index contributed by atoms with van der Waals surface area (Å²) >= 11 is 0. The number of rotatable bonds is 0. The van der Waals surface area contributed by atoms with E-state index >= 15 is 0 Å². The van der Waals surface area contributed by atoms with Crippen LogP contribution in [0.5, 0.6) is 0 Å². The number of nitrogens with zero attached hydrogens (tertiary/aromatic N) is 1. The van der Waals surface area contributed by atoms with Gasteiger partial charge < -0.3 is 9.88 Å². The summed E-state index contributed by atoms with van der Waals surface area (Å²) in [5.74, 6) is 2.82. The van der Waals surface area contributed by atoms with Gasteiger partial charge in [0.1, 0.15) is 0 Å². The molecule has 1 aromatic rings. The normalized spacial score (nSPS) is 42.3. The predicted molar refractivity (Wildman–Crippen MR) is 66.0 cm³/mol. The average Bonchev–Trinajstić information content (AvgIpc) is 2.53. The Labute approximate surface area is 101 Å². The summed E-state index contributed by atoms with van der Waals surface area (Å²) in [5, 5.41) is 3.69. The van der Waals surface area contributed by atoms with Crippen LogP contribution in [0.15, 0.2) is 23.0 Å². The molecule has 3 heterocycles. The number of hydrogen-bond acceptors (Lipinski definition) is 2. The molecule has 5 atom stereocenters. The van der Waals surface area contributed by atoms with Gasteiger partial charge in [-0.3, -0.25) is 4.79 Å². The summed E-state index contributed by atoms with van der Waals surface area (Å²) in [6, 6.07) is 6.41. The Morgan fingerprint density at radius 1 is 1.41 bits per heavy atom. The highest BCUT2D eigenvalue weighted by atomic mass is 16.1. The average molecular weight is 230 g/mol. The van der Waals surface area contributed by atoms with Gasteiger partial charge in [-0.15, -0.1) is 0 Å². The highest BCUT2D eigenvalue weighted by molar-refractivity contribution is 5.22. The van der Waals surface area contributed by atoms with E-state index in [4.69, 9.17) is 0 Å². The zero-order valence-electron chi connectivity index (χ0n) is 10.1. The van der Waals surface area contributed by atoms with Crippen LogP contribution in [0, 0.1) is 17.8 Å². The second-order valence-corrected chi connectivity index (χ2v) is 5.97. The third kappa shape index (κ3) is 1.18. The van der Waals surface area contributed by atoms with Crippen LogP contribution in [0.2, 0.25) is 0 Å². The lowest BCUT2D eigenvalue weighted by molar-refractivity contribution is 0.147. The Bertz CT molecular complexity index is 521. The van der Waals surface area contributed by atoms with Gasteiger partial charge >= 0.3 is 0 Å². The molecule has 1 aliphatic carbocycles. The van der Waals surface area contributed by atoms with Crippen LogP contribution < -0.4 is 10.9 Å². The van der Waals surface area contributed by atoms with Crippen LogP contribution in [0.3, 0.4) is 0 Å². The maximum atomic E-state index is 12.0. The molecule has 1 N–H and O–H groups in total. The van der Waals surface area contributed by atoms with Crippen LogP contribution in [-0.4, -0.2) is 17.2 Å². The molecule has 4 bridgehead atoms. The Morgan fingerprint density at radius 2 is 2.29 bits per heavy atom. The fourth-order valence-electron chi connectivity index (χ4n) is 4.58. The molecular weight excluding hydrogens is 212 g/mol. The van der Waals surface area contributed by atoms with Crippen LogP contribution in [-0.2, 0) is 6.54 Å². The summed E-state index contributed by atoms with van der Waals surface area (Å²) in [6.45, 7) is 4.37.